The van der Waals surface area contributed by atoms with E-state index < -0.39 is 11.5 Å². The Balaban J connectivity index is 1.41. The van der Waals surface area contributed by atoms with Gasteiger partial charge in [-0.15, -0.1) is 0 Å². The molecule has 2 unspecified atom stereocenters. The molecule has 1 aliphatic heterocycles. The second-order valence-electron chi connectivity index (χ2n) is 7.38. The minimum Gasteiger partial charge on any atom is -0.486 e. The summed E-state index contributed by atoms with van der Waals surface area (Å²) in [6, 6.07) is 5.80. The first-order valence-electron chi connectivity index (χ1n) is 8.85. The van der Waals surface area contributed by atoms with Crippen molar-refractivity contribution in [3.8, 4) is 11.5 Å². The number of carboxylic acids is 1. The Morgan fingerprint density at radius 3 is 2.74 bits per heavy atom. The van der Waals surface area contributed by atoms with Crippen LogP contribution in [-0.4, -0.2) is 40.0 Å². The predicted molar refractivity (Wildman–Crippen MR) is 96.1 cm³/mol. The number of carbonyl (C=O) groups is 2. The third-order valence-corrected chi connectivity index (χ3v) is 5.07. The second-order valence-corrected chi connectivity index (χ2v) is 7.38. The molecule has 1 saturated carbocycles. The van der Waals surface area contributed by atoms with E-state index in [1.165, 1.54) is 17.1 Å². The molecule has 2 N–H and O–H groups in total. The Labute approximate surface area is 156 Å². The lowest BCUT2D eigenvalue weighted by Gasteiger charge is -2.19. The highest BCUT2D eigenvalue weighted by molar-refractivity contribution is 5.95. The number of fused-ring (bicyclic) bond motifs is 1. The summed E-state index contributed by atoms with van der Waals surface area (Å²) >= 11 is 0. The van der Waals surface area contributed by atoms with E-state index in [9.17, 15) is 14.7 Å². The summed E-state index contributed by atoms with van der Waals surface area (Å²) in [7, 11) is 0. The molecule has 4 rings (SSSR count). The van der Waals surface area contributed by atoms with Crippen LogP contribution in [0.2, 0.25) is 0 Å². The molecule has 0 radical (unpaired) electrons. The van der Waals surface area contributed by atoms with E-state index in [4.69, 9.17) is 9.47 Å². The molecule has 2 heterocycles. The summed E-state index contributed by atoms with van der Waals surface area (Å²) in [5.41, 5.74) is 0.361. The van der Waals surface area contributed by atoms with E-state index in [0.29, 0.717) is 18.9 Å². The van der Waals surface area contributed by atoms with Crippen molar-refractivity contribution >= 4 is 17.6 Å². The maximum Gasteiger partial charge on any atom is 0.331 e. The molecular formula is C19H21N3O5. The minimum absolute atomic E-state index is 0.0948. The Morgan fingerprint density at radius 1 is 1.26 bits per heavy atom. The average Bonchev–Trinajstić information content (AvgIpc) is 3.32. The molecule has 1 fully saturated rings. The van der Waals surface area contributed by atoms with Crippen LogP contribution in [0.15, 0.2) is 30.6 Å². The van der Waals surface area contributed by atoms with Crippen molar-refractivity contribution in [2.45, 2.75) is 31.7 Å². The zero-order chi connectivity index (χ0) is 19.2. The fourth-order valence-electron chi connectivity index (χ4n) is 3.17. The van der Waals surface area contributed by atoms with E-state index in [1.807, 2.05) is 18.2 Å². The molecule has 27 heavy (non-hydrogen) atoms. The van der Waals surface area contributed by atoms with Crippen LogP contribution in [0.5, 0.6) is 11.5 Å². The van der Waals surface area contributed by atoms with Crippen LogP contribution in [0.25, 0.3) is 0 Å². The molecule has 2 aromatic rings. The first kappa shape index (κ1) is 17.4. The SMILES string of the molecule is CC(C)(C(=O)O)n1cc(NC(=O)C2CC2c2ccc3c(c2)OCCO3)cn1. The van der Waals surface area contributed by atoms with E-state index in [1.54, 1.807) is 13.8 Å². The van der Waals surface area contributed by atoms with Crippen molar-refractivity contribution in [2.75, 3.05) is 18.5 Å². The number of carbonyl (C=O) groups excluding carboxylic acids is 1. The molecular weight excluding hydrogens is 350 g/mol. The van der Waals surface area contributed by atoms with Crippen molar-refractivity contribution in [3.63, 3.8) is 0 Å². The van der Waals surface area contributed by atoms with Crippen molar-refractivity contribution in [3.05, 3.63) is 36.2 Å². The Morgan fingerprint density at radius 2 is 2.00 bits per heavy atom. The number of amides is 1. The van der Waals surface area contributed by atoms with Crippen LogP contribution in [0.3, 0.4) is 0 Å². The second kappa shape index (κ2) is 6.29. The molecule has 0 saturated heterocycles. The first-order valence-corrected chi connectivity index (χ1v) is 8.85. The molecule has 1 aromatic carbocycles. The lowest BCUT2D eigenvalue weighted by Crippen LogP contribution is -2.35. The lowest BCUT2D eigenvalue weighted by atomic mass is 10.1. The maximum atomic E-state index is 12.5. The van der Waals surface area contributed by atoms with E-state index in [0.717, 1.165) is 23.5 Å². The van der Waals surface area contributed by atoms with Crippen molar-refractivity contribution in [1.29, 1.82) is 0 Å². The average molecular weight is 371 g/mol. The predicted octanol–water partition coefficient (Wildman–Crippen LogP) is 2.22. The summed E-state index contributed by atoms with van der Waals surface area (Å²) in [6.45, 7) is 4.17. The first-order chi connectivity index (χ1) is 12.9. The zero-order valence-corrected chi connectivity index (χ0v) is 15.1. The summed E-state index contributed by atoms with van der Waals surface area (Å²) < 4.78 is 12.5. The van der Waals surface area contributed by atoms with Gasteiger partial charge in [-0.05, 0) is 43.9 Å². The number of carboxylic acid groups (broad SMARTS) is 1. The number of anilines is 1. The number of nitrogens with zero attached hydrogens (tertiary/aromatic N) is 2. The Bertz CT molecular complexity index is 905. The van der Waals surface area contributed by atoms with Gasteiger partial charge in [0.15, 0.2) is 17.0 Å². The van der Waals surface area contributed by atoms with Gasteiger partial charge in [0.05, 0.1) is 11.9 Å². The number of hydrogen-bond acceptors (Lipinski definition) is 5. The molecule has 2 aliphatic rings. The van der Waals surface area contributed by atoms with Crippen LogP contribution in [0, 0.1) is 5.92 Å². The van der Waals surface area contributed by atoms with Crippen molar-refractivity contribution in [2.24, 2.45) is 5.92 Å². The Hall–Kier alpha value is -3.03. The molecule has 1 amide bonds. The van der Waals surface area contributed by atoms with Gasteiger partial charge in [0.2, 0.25) is 5.91 Å². The maximum absolute atomic E-state index is 12.5. The minimum atomic E-state index is -1.18. The normalized spacial score (nSPS) is 20.8. The molecule has 1 aromatic heterocycles. The molecule has 8 nitrogen and oxygen atoms in total. The van der Waals surface area contributed by atoms with E-state index in [-0.39, 0.29) is 17.7 Å². The van der Waals surface area contributed by atoms with Gasteiger partial charge < -0.3 is 19.9 Å². The monoisotopic (exact) mass is 371 g/mol. The standard InChI is InChI=1S/C19H21N3O5/c1-19(2,18(24)25)22-10-12(9-20-22)21-17(23)14-8-13(14)11-3-4-15-16(7-11)27-6-5-26-15/h3-4,7,9-10,13-14H,5-6,8H2,1-2H3,(H,21,23)(H,24,25). The fourth-order valence-corrected chi connectivity index (χ4v) is 3.17. The smallest absolute Gasteiger partial charge is 0.331 e. The molecule has 142 valence electrons. The van der Waals surface area contributed by atoms with Gasteiger partial charge in [-0.25, -0.2) is 4.79 Å². The molecule has 0 spiro atoms. The third kappa shape index (κ3) is 3.22. The zero-order valence-electron chi connectivity index (χ0n) is 15.1. The number of aromatic nitrogens is 2. The number of hydrogen-bond donors (Lipinski definition) is 2. The summed E-state index contributed by atoms with van der Waals surface area (Å²) in [5.74, 6) is 0.392. The quantitative estimate of drug-likeness (QED) is 0.835. The van der Waals surface area contributed by atoms with Crippen LogP contribution in [-0.2, 0) is 15.1 Å². The lowest BCUT2D eigenvalue weighted by molar-refractivity contribution is -0.146. The fraction of sp³-hybridized carbons (Fsp3) is 0.421. The Kier molecular flexibility index (Phi) is 4.05. The topological polar surface area (TPSA) is 103 Å². The van der Waals surface area contributed by atoms with Gasteiger partial charge >= 0.3 is 5.97 Å². The van der Waals surface area contributed by atoms with Gasteiger partial charge in [0, 0.05) is 12.1 Å². The highest BCUT2D eigenvalue weighted by Crippen LogP contribution is 2.49. The van der Waals surface area contributed by atoms with Crippen LogP contribution < -0.4 is 14.8 Å². The number of benzene rings is 1. The van der Waals surface area contributed by atoms with Crippen molar-refractivity contribution < 1.29 is 24.2 Å². The van der Waals surface area contributed by atoms with E-state index in [2.05, 4.69) is 10.4 Å². The van der Waals surface area contributed by atoms with E-state index >= 15 is 0 Å². The van der Waals surface area contributed by atoms with Gasteiger partial charge in [-0.3, -0.25) is 9.48 Å². The third-order valence-electron chi connectivity index (χ3n) is 5.07. The van der Waals surface area contributed by atoms with Gasteiger partial charge in [-0.1, -0.05) is 6.07 Å². The summed E-state index contributed by atoms with van der Waals surface area (Å²) in [4.78, 5) is 23.8. The number of aliphatic carboxylic acids is 1. The number of rotatable bonds is 5. The van der Waals surface area contributed by atoms with Gasteiger partial charge in [-0.2, -0.15) is 5.10 Å². The highest BCUT2D eigenvalue weighted by Gasteiger charge is 2.44. The van der Waals surface area contributed by atoms with Gasteiger partial charge in [0.25, 0.3) is 0 Å². The molecule has 0 bridgehead atoms. The summed E-state index contributed by atoms with van der Waals surface area (Å²) in [5, 5.41) is 16.1. The largest absolute Gasteiger partial charge is 0.486 e. The van der Waals surface area contributed by atoms with Crippen molar-refractivity contribution in [1.82, 2.24) is 9.78 Å². The van der Waals surface area contributed by atoms with Crippen LogP contribution >= 0.6 is 0 Å². The molecule has 8 heteroatoms. The number of nitrogens with one attached hydrogen (secondary N) is 1. The summed E-state index contributed by atoms with van der Waals surface area (Å²) in [6.07, 6.45) is 3.76. The highest BCUT2D eigenvalue weighted by atomic mass is 16.6. The van der Waals surface area contributed by atoms with Crippen LogP contribution in [0.4, 0.5) is 5.69 Å². The van der Waals surface area contributed by atoms with Crippen LogP contribution in [0.1, 0.15) is 31.7 Å². The van der Waals surface area contributed by atoms with Gasteiger partial charge in [0.1, 0.15) is 13.2 Å². The molecule has 1 aliphatic carbocycles. The number of ether oxygens (including phenoxy) is 2. The molecule has 2 atom stereocenters.